The number of hydrogen-bond acceptors (Lipinski definition) is 7. The average Bonchev–Trinajstić information content (AvgIpc) is 2.73. The average molecular weight is 424 g/mol. The number of rotatable bonds is 6. The van der Waals surface area contributed by atoms with E-state index in [4.69, 9.17) is 9.47 Å². The lowest BCUT2D eigenvalue weighted by Crippen LogP contribution is -2.41. The van der Waals surface area contributed by atoms with Crippen molar-refractivity contribution in [1.82, 2.24) is 4.31 Å². The van der Waals surface area contributed by atoms with Gasteiger partial charge in [-0.15, -0.1) is 0 Å². The van der Waals surface area contributed by atoms with Gasteiger partial charge in [-0.2, -0.15) is 4.31 Å². The molecule has 2 aromatic carbocycles. The van der Waals surface area contributed by atoms with E-state index in [1.165, 1.54) is 18.2 Å². The van der Waals surface area contributed by atoms with Crippen LogP contribution >= 0.6 is 0 Å². The molecule has 0 aliphatic carbocycles. The summed E-state index contributed by atoms with van der Waals surface area (Å²) in [6.45, 7) is 0.151. The van der Waals surface area contributed by atoms with Crippen LogP contribution in [-0.2, 0) is 26.1 Å². The number of hydrogen-bond donors (Lipinski definition) is 0. The zero-order valence-corrected chi connectivity index (χ0v) is 15.9. The van der Waals surface area contributed by atoms with Crippen molar-refractivity contribution in [3.63, 3.8) is 0 Å². The molecule has 1 fully saturated rings. The van der Waals surface area contributed by atoms with Crippen molar-refractivity contribution in [3.05, 3.63) is 69.5 Å². The van der Waals surface area contributed by atoms with E-state index in [-0.39, 0.29) is 49.7 Å². The summed E-state index contributed by atoms with van der Waals surface area (Å²) in [6.07, 6.45) is 0. The van der Waals surface area contributed by atoms with Crippen molar-refractivity contribution < 1.29 is 32.0 Å². The lowest BCUT2D eigenvalue weighted by Gasteiger charge is -2.26. The highest BCUT2D eigenvalue weighted by molar-refractivity contribution is 7.89. The van der Waals surface area contributed by atoms with Gasteiger partial charge in [0.15, 0.2) is 0 Å². The Hall–Kier alpha value is -2.89. The van der Waals surface area contributed by atoms with Crippen LogP contribution in [-0.4, -0.2) is 49.9 Å². The summed E-state index contributed by atoms with van der Waals surface area (Å²) in [5.74, 6) is -1.92. The topological polar surface area (TPSA) is 116 Å². The molecule has 0 N–H and O–H groups in total. The van der Waals surface area contributed by atoms with E-state index >= 15 is 0 Å². The van der Waals surface area contributed by atoms with Crippen LogP contribution in [0.5, 0.6) is 0 Å². The molecule has 154 valence electrons. The molecule has 29 heavy (non-hydrogen) atoms. The summed E-state index contributed by atoms with van der Waals surface area (Å²) in [5, 5.41) is 11.0. The largest absolute Gasteiger partial charge is 0.457 e. The highest BCUT2D eigenvalue weighted by Crippen LogP contribution is 2.23. The lowest BCUT2D eigenvalue weighted by atomic mass is 10.2. The molecule has 0 unspecified atom stereocenters. The standard InChI is InChI=1S/C18H17FN2O7S/c19-15-6-5-13(11-17(15)29(25,26)20-7-9-27-10-8-20)18(22)28-12-14-3-1-2-4-16(14)21(23)24/h1-6,11H,7-10,12H2. The summed E-state index contributed by atoms with van der Waals surface area (Å²) in [4.78, 5) is 22.1. The molecule has 0 amide bonds. The zero-order chi connectivity index (χ0) is 21.0. The minimum Gasteiger partial charge on any atom is -0.457 e. The first-order valence-electron chi connectivity index (χ1n) is 8.57. The summed E-state index contributed by atoms with van der Waals surface area (Å²) >= 11 is 0. The number of carbonyl (C=O) groups excluding carboxylic acids is 1. The quantitative estimate of drug-likeness (QED) is 0.396. The second-order valence-electron chi connectivity index (χ2n) is 6.12. The Kier molecular flexibility index (Phi) is 6.20. The molecule has 9 nitrogen and oxygen atoms in total. The molecular formula is C18H17FN2O7S. The third kappa shape index (κ3) is 4.58. The highest BCUT2D eigenvalue weighted by atomic mass is 32.2. The fourth-order valence-electron chi connectivity index (χ4n) is 2.79. The molecule has 1 heterocycles. The first-order valence-corrected chi connectivity index (χ1v) is 10.0. The third-order valence-electron chi connectivity index (χ3n) is 4.30. The normalized spacial score (nSPS) is 15.1. The van der Waals surface area contributed by atoms with Crippen LogP contribution < -0.4 is 0 Å². The smallest absolute Gasteiger partial charge is 0.338 e. The lowest BCUT2D eigenvalue weighted by molar-refractivity contribution is -0.385. The van der Waals surface area contributed by atoms with Crippen LogP contribution in [0.4, 0.5) is 10.1 Å². The Morgan fingerprint density at radius 1 is 1.21 bits per heavy atom. The number of nitrogens with zero attached hydrogens (tertiary/aromatic N) is 2. The Balaban J connectivity index is 1.80. The Labute approximate surface area is 165 Å². The van der Waals surface area contributed by atoms with Crippen molar-refractivity contribution in [2.45, 2.75) is 11.5 Å². The third-order valence-corrected chi connectivity index (χ3v) is 6.22. The number of carbonyl (C=O) groups is 1. The van der Waals surface area contributed by atoms with Gasteiger partial charge in [-0.05, 0) is 24.3 Å². The van der Waals surface area contributed by atoms with Gasteiger partial charge >= 0.3 is 5.97 Å². The molecule has 1 saturated heterocycles. The molecule has 3 rings (SSSR count). The van der Waals surface area contributed by atoms with E-state index in [0.29, 0.717) is 0 Å². The van der Waals surface area contributed by atoms with Gasteiger partial charge in [0.25, 0.3) is 5.69 Å². The minimum absolute atomic E-state index is 0.0775. The maximum atomic E-state index is 14.2. The number of para-hydroxylation sites is 1. The Morgan fingerprint density at radius 3 is 2.59 bits per heavy atom. The van der Waals surface area contributed by atoms with Crippen molar-refractivity contribution in [3.8, 4) is 0 Å². The summed E-state index contributed by atoms with van der Waals surface area (Å²) in [5.41, 5.74) is -0.221. The molecule has 0 atom stereocenters. The van der Waals surface area contributed by atoms with Crippen molar-refractivity contribution in [1.29, 1.82) is 0 Å². The number of nitro benzene ring substituents is 1. The maximum Gasteiger partial charge on any atom is 0.338 e. The first kappa shape index (κ1) is 20.8. The number of benzene rings is 2. The fraction of sp³-hybridized carbons (Fsp3) is 0.278. The van der Waals surface area contributed by atoms with Gasteiger partial charge in [-0.25, -0.2) is 17.6 Å². The molecule has 1 aliphatic heterocycles. The van der Waals surface area contributed by atoms with Gasteiger partial charge in [0.2, 0.25) is 10.0 Å². The number of ether oxygens (including phenoxy) is 2. The van der Waals surface area contributed by atoms with Crippen LogP contribution in [0.3, 0.4) is 0 Å². The second kappa shape index (κ2) is 8.64. The molecule has 0 bridgehead atoms. The minimum atomic E-state index is -4.15. The molecule has 0 aromatic heterocycles. The molecule has 0 spiro atoms. The van der Waals surface area contributed by atoms with Crippen LogP contribution in [0.25, 0.3) is 0 Å². The van der Waals surface area contributed by atoms with E-state index in [1.807, 2.05) is 0 Å². The van der Waals surface area contributed by atoms with Gasteiger partial charge in [-0.3, -0.25) is 10.1 Å². The fourth-order valence-corrected chi connectivity index (χ4v) is 4.29. The predicted molar refractivity (Wildman–Crippen MR) is 98.2 cm³/mol. The van der Waals surface area contributed by atoms with E-state index in [2.05, 4.69) is 0 Å². The molecule has 1 aliphatic rings. The SMILES string of the molecule is O=C(OCc1ccccc1[N+](=O)[O-])c1ccc(F)c(S(=O)(=O)N2CCOCC2)c1. The summed E-state index contributed by atoms with van der Waals surface area (Å²) in [7, 11) is -4.15. The van der Waals surface area contributed by atoms with E-state index in [9.17, 15) is 27.7 Å². The number of esters is 1. The summed E-state index contributed by atoms with van der Waals surface area (Å²) in [6, 6.07) is 8.61. The number of nitro groups is 1. The van der Waals surface area contributed by atoms with Gasteiger partial charge in [0, 0.05) is 19.2 Å². The molecule has 0 saturated carbocycles. The first-order chi connectivity index (χ1) is 13.8. The number of sulfonamides is 1. The van der Waals surface area contributed by atoms with E-state index < -0.39 is 31.6 Å². The molecule has 11 heteroatoms. The van der Waals surface area contributed by atoms with Crippen LogP contribution in [0.2, 0.25) is 0 Å². The van der Waals surface area contributed by atoms with E-state index in [0.717, 1.165) is 22.5 Å². The predicted octanol–water partition coefficient (Wildman–Crippen LogP) is 2.11. The van der Waals surface area contributed by atoms with Gasteiger partial charge in [0.1, 0.15) is 17.3 Å². The zero-order valence-electron chi connectivity index (χ0n) is 15.1. The van der Waals surface area contributed by atoms with Gasteiger partial charge < -0.3 is 9.47 Å². The van der Waals surface area contributed by atoms with Crippen LogP contribution in [0, 0.1) is 15.9 Å². The maximum absolute atomic E-state index is 14.2. The molecule has 2 aromatic rings. The van der Waals surface area contributed by atoms with Crippen molar-refractivity contribution >= 4 is 21.7 Å². The molecular weight excluding hydrogens is 407 g/mol. The summed E-state index contributed by atoms with van der Waals surface area (Å²) < 4.78 is 50.8. The number of morpholine rings is 1. The Morgan fingerprint density at radius 2 is 1.90 bits per heavy atom. The van der Waals surface area contributed by atoms with Crippen molar-refractivity contribution in [2.24, 2.45) is 0 Å². The highest BCUT2D eigenvalue weighted by Gasteiger charge is 2.30. The van der Waals surface area contributed by atoms with Crippen LogP contribution in [0.15, 0.2) is 47.4 Å². The molecule has 0 radical (unpaired) electrons. The van der Waals surface area contributed by atoms with Gasteiger partial charge in [0.05, 0.1) is 29.3 Å². The Bertz CT molecular complexity index is 1040. The van der Waals surface area contributed by atoms with Crippen molar-refractivity contribution in [2.75, 3.05) is 26.3 Å². The number of halogens is 1. The van der Waals surface area contributed by atoms with E-state index in [1.54, 1.807) is 6.07 Å². The monoisotopic (exact) mass is 424 g/mol. The van der Waals surface area contributed by atoms with Gasteiger partial charge in [-0.1, -0.05) is 12.1 Å². The van der Waals surface area contributed by atoms with Crippen LogP contribution in [0.1, 0.15) is 15.9 Å². The second-order valence-corrected chi connectivity index (χ2v) is 8.03.